The molecule has 0 spiro atoms. The molecule has 0 saturated heterocycles. The molecular formula is C24H25F3N2O5. The molecule has 2 amide bonds. The zero-order valence-corrected chi connectivity index (χ0v) is 18.8. The maximum absolute atomic E-state index is 13.2. The Balaban J connectivity index is 1.61. The Kier molecular flexibility index (Phi) is 6.64. The highest BCUT2D eigenvalue weighted by Gasteiger charge is 2.59. The molecule has 0 aliphatic heterocycles. The first-order valence-corrected chi connectivity index (χ1v) is 10.5. The van der Waals surface area contributed by atoms with Gasteiger partial charge in [-0.1, -0.05) is 48.5 Å². The number of alkyl halides is 3. The van der Waals surface area contributed by atoms with Crippen molar-refractivity contribution >= 4 is 18.0 Å². The molecule has 7 nitrogen and oxygen atoms in total. The number of nitrogens with one attached hydrogen (secondary N) is 2. The number of carboxylic acids is 1. The van der Waals surface area contributed by atoms with Crippen LogP contribution in [0.2, 0.25) is 0 Å². The van der Waals surface area contributed by atoms with E-state index in [9.17, 15) is 27.6 Å². The first-order chi connectivity index (χ1) is 15.8. The minimum absolute atomic E-state index is 0.0254. The van der Waals surface area contributed by atoms with Crippen LogP contribution < -0.4 is 10.6 Å². The minimum atomic E-state index is -5.22. The number of hydrogen-bond acceptors (Lipinski definition) is 4. The number of carboxylic acid groups (broad SMARTS) is 1. The predicted molar refractivity (Wildman–Crippen MR) is 117 cm³/mol. The molecule has 3 rings (SSSR count). The molecule has 1 aliphatic rings. The molecule has 2 aromatic carbocycles. The molecule has 3 N–H and O–H groups in total. The topological polar surface area (TPSA) is 105 Å². The summed E-state index contributed by atoms with van der Waals surface area (Å²) in [5, 5.41) is 12.9. The maximum atomic E-state index is 13.2. The van der Waals surface area contributed by atoms with Crippen LogP contribution in [0.5, 0.6) is 0 Å². The van der Waals surface area contributed by atoms with Crippen molar-refractivity contribution in [2.45, 2.75) is 38.4 Å². The third-order valence-corrected chi connectivity index (χ3v) is 5.99. The Morgan fingerprint density at radius 1 is 0.941 bits per heavy atom. The lowest BCUT2D eigenvalue weighted by Gasteiger charge is -2.33. The SMILES string of the molecule is CC(C)(CNC(=O)OCC1c2ccccc2-c2ccccc21)C(=O)NC(C)(C(=O)O)C(F)(F)F. The third kappa shape index (κ3) is 4.71. The van der Waals surface area contributed by atoms with Crippen molar-refractivity contribution in [1.82, 2.24) is 10.6 Å². The number of alkyl carbamates (subject to hydrolysis) is 1. The number of ether oxygens (including phenoxy) is 1. The zero-order chi connectivity index (χ0) is 25.3. The van der Waals surface area contributed by atoms with Crippen LogP contribution in [0.25, 0.3) is 11.1 Å². The lowest BCUT2D eigenvalue weighted by molar-refractivity contribution is -0.208. The lowest BCUT2D eigenvalue weighted by Crippen LogP contribution is -2.64. The summed E-state index contributed by atoms with van der Waals surface area (Å²) in [6.45, 7) is 2.58. The standard InChI is InChI=1S/C24H25F3N2O5/c1-22(2,19(30)29-23(3,20(31)32)24(25,26)27)13-28-21(33)34-12-18-16-10-6-4-8-14(16)15-9-5-7-11-17(15)18/h4-11,18H,12-13H2,1-3H3,(H,28,33)(H,29,30)(H,31,32). The Morgan fingerprint density at radius 3 is 1.91 bits per heavy atom. The number of aliphatic carboxylic acids is 1. The highest BCUT2D eigenvalue weighted by Crippen LogP contribution is 2.44. The van der Waals surface area contributed by atoms with E-state index >= 15 is 0 Å². The van der Waals surface area contributed by atoms with E-state index in [0.29, 0.717) is 6.92 Å². The Labute approximate surface area is 194 Å². The molecule has 1 aliphatic carbocycles. The van der Waals surface area contributed by atoms with Crippen molar-refractivity contribution in [3.8, 4) is 11.1 Å². The Bertz CT molecular complexity index is 1070. The van der Waals surface area contributed by atoms with Gasteiger partial charge in [-0.25, -0.2) is 9.59 Å². The molecule has 1 unspecified atom stereocenters. The number of carbonyl (C=O) groups is 3. The molecular weight excluding hydrogens is 453 g/mol. The van der Waals surface area contributed by atoms with Crippen molar-refractivity contribution in [3.05, 3.63) is 59.7 Å². The summed E-state index contributed by atoms with van der Waals surface area (Å²) >= 11 is 0. The molecule has 0 aromatic heterocycles. The highest BCUT2D eigenvalue weighted by molar-refractivity contribution is 5.90. The Hall–Kier alpha value is -3.56. The van der Waals surface area contributed by atoms with E-state index in [-0.39, 0.29) is 19.1 Å². The third-order valence-electron chi connectivity index (χ3n) is 5.99. The number of benzene rings is 2. The summed E-state index contributed by atoms with van der Waals surface area (Å²) in [5.41, 5.74) is -0.890. The van der Waals surface area contributed by atoms with Gasteiger partial charge in [0.25, 0.3) is 0 Å². The van der Waals surface area contributed by atoms with E-state index in [1.165, 1.54) is 19.2 Å². The molecule has 10 heteroatoms. The zero-order valence-electron chi connectivity index (χ0n) is 18.8. The second-order valence-electron chi connectivity index (χ2n) is 8.95. The molecule has 0 radical (unpaired) electrons. The van der Waals surface area contributed by atoms with Crippen molar-refractivity contribution in [2.75, 3.05) is 13.2 Å². The van der Waals surface area contributed by atoms with Crippen LogP contribution in [-0.2, 0) is 14.3 Å². The normalized spacial score (nSPS) is 15.0. The first kappa shape index (κ1) is 25.1. The van der Waals surface area contributed by atoms with E-state index < -0.39 is 35.1 Å². The largest absolute Gasteiger partial charge is 0.479 e. The van der Waals surface area contributed by atoms with Gasteiger partial charge in [-0.3, -0.25) is 4.79 Å². The molecule has 0 heterocycles. The van der Waals surface area contributed by atoms with Crippen molar-refractivity contribution in [1.29, 1.82) is 0 Å². The van der Waals surface area contributed by atoms with Crippen molar-refractivity contribution < 1.29 is 37.4 Å². The van der Waals surface area contributed by atoms with Gasteiger partial charge in [-0.15, -0.1) is 0 Å². The fraction of sp³-hybridized carbons (Fsp3) is 0.375. The van der Waals surface area contributed by atoms with Crippen molar-refractivity contribution in [3.63, 3.8) is 0 Å². The van der Waals surface area contributed by atoms with Gasteiger partial charge in [-0.2, -0.15) is 13.2 Å². The first-order valence-electron chi connectivity index (χ1n) is 10.5. The molecule has 182 valence electrons. The summed E-state index contributed by atoms with van der Waals surface area (Å²) in [4.78, 5) is 35.9. The summed E-state index contributed by atoms with van der Waals surface area (Å²) in [6, 6.07) is 15.5. The van der Waals surface area contributed by atoms with E-state index in [1.807, 2.05) is 48.5 Å². The van der Waals surface area contributed by atoms with Crippen LogP contribution in [0.15, 0.2) is 48.5 Å². The van der Waals surface area contributed by atoms with Gasteiger partial charge >= 0.3 is 18.2 Å². The van der Waals surface area contributed by atoms with Gasteiger partial charge in [0.1, 0.15) is 6.61 Å². The monoisotopic (exact) mass is 478 g/mol. The number of fused-ring (bicyclic) bond motifs is 3. The lowest BCUT2D eigenvalue weighted by atomic mass is 9.90. The van der Waals surface area contributed by atoms with Crippen LogP contribution in [0.3, 0.4) is 0 Å². The second kappa shape index (κ2) is 9.00. The molecule has 0 fully saturated rings. The highest BCUT2D eigenvalue weighted by atomic mass is 19.4. The summed E-state index contributed by atoms with van der Waals surface area (Å²) in [5.74, 6) is -3.61. The molecule has 34 heavy (non-hydrogen) atoms. The summed E-state index contributed by atoms with van der Waals surface area (Å²) in [6.07, 6.45) is -6.07. The Morgan fingerprint density at radius 2 is 1.44 bits per heavy atom. The van der Waals surface area contributed by atoms with E-state index in [2.05, 4.69) is 5.32 Å². The molecule has 0 bridgehead atoms. The quantitative estimate of drug-likeness (QED) is 0.557. The molecule has 0 saturated carbocycles. The number of carbonyl (C=O) groups excluding carboxylic acids is 2. The van der Waals surface area contributed by atoms with Gasteiger partial charge in [0.2, 0.25) is 11.4 Å². The average Bonchev–Trinajstić information content (AvgIpc) is 3.09. The molecule has 1 atom stereocenters. The van der Waals surface area contributed by atoms with Crippen LogP contribution in [0.4, 0.5) is 18.0 Å². The number of halogens is 3. The number of amides is 2. The number of hydrogen-bond donors (Lipinski definition) is 3. The van der Waals surface area contributed by atoms with E-state index in [1.54, 1.807) is 0 Å². The van der Waals surface area contributed by atoms with Gasteiger partial charge < -0.3 is 20.5 Å². The maximum Gasteiger partial charge on any atom is 0.422 e. The minimum Gasteiger partial charge on any atom is -0.479 e. The summed E-state index contributed by atoms with van der Waals surface area (Å²) in [7, 11) is 0. The fourth-order valence-corrected chi connectivity index (χ4v) is 3.66. The van der Waals surface area contributed by atoms with Crippen LogP contribution >= 0.6 is 0 Å². The van der Waals surface area contributed by atoms with E-state index in [4.69, 9.17) is 9.84 Å². The van der Waals surface area contributed by atoms with Crippen LogP contribution in [-0.4, -0.2) is 47.9 Å². The van der Waals surface area contributed by atoms with Gasteiger partial charge in [-0.05, 0) is 43.0 Å². The molecule has 2 aromatic rings. The fourth-order valence-electron chi connectivity index (χ4n) is 3.66. The second-order valence-corrected chi connectivity index (χ2v) is 8.95. The van der Waals surface area contributed by atoms with Gasteiger partial charge in [0.15, 0.2) is 0 Å². The smallest absolute Gasteiger partial charge is 0.422 e. The van der Waals surface area contributed by atoms with Gasteiger partial charge in [0.05, 0.1) is 5.41 Å². The summed E-state index contributed by atoms with van der Waals surface area (Å²) < 4.78 is 44.9. The predicted octanol–water partition coefficient (Wildman–Crippen LogP) is 4.07. The van der Waals surface area contributed by atoms with Crippen molar-refractivity contribution in [2.24, 2.45) is 5.41 Å². The number of rotatable bonds is 7. The van der Waals surface area contributed by atoms with Crippen LogP contribution in [0, 0.1) is 5.41 Å². The van der Waals surface area contributed by atoms with Crippen LogP contribution in [0.1, 0.15) is 37.8 Å². The van der Waals surface area contributed by atoms with E-state index in [0.717, 1.165) is 22.3 Å². The average molecular weight is 478 g/mol. The van der Waals surface area contributed by atoms with Gasteiger partial charge in [0, 0.05) is 12.5 Å².